The van der Waals surface area contributed by atoms with Gasteiger partial charge in [0.2, 0.25) is 11.8 Å². The van der Waals surface area contributed by atoms with Gasteiger partial charge in [-0.25, -0.2) is 9.38 Å². The van der Waals surface area contributed by atoms with E-state index in [1.54, 1.807) is 65.6 Å². The zero-order chi connectivity index (χ0) is 24.1. The van der Waals surface area contributed by atoms with E-state index in [9.17, 15) is 14.0 Å². The van der Waals surface area contributed by atoms with E-state index in [4.69, 9.17) is 23.2 Å². The van der Waals surface area contributed by atoms with Crippen molar-refractivity contribution in [3.63, 3.8) is 0 Å². The van der Waals surface area contributed by atoms with E-state index in [0.29, 0.717) is 39.6 Å². The quantitative estimate of drug-likeness (QED) is 0.416. The van der Waals surface area contributed by atoms with E-state index in [0.717, 1.165) is 5.56 Å². The normalized spacial score (nSPS) is 17.1. The van der Waals surface area contributed by atoms with Crippen LogP contribution >= 0.6 is 35.0 Å². The average molecular weight is 516 g/mol. The number of rotatable bonds is 6. The van der Waals surface area contributed by atoms with Crippen molar-refractivity contribution in [1.82, 2.24) is 4.90 Å². The minimum atomic E-state index is -0.653. The fourth-order valence-electron chi connectivity index (χ4n) is 3.37. The molecule has 34 heavy (non-hydrogen) atoms. The molecule has 9 heteroatoms. The van der Waals surface area contributed by atoms with Crippen LogP contribution in [0, 0.1) is 5.82 Å². The molecular weight excluding hydrogens is 496 g/mol. The van der Waals surface area contributed by atoms with Gasteiger partial charge in [-0.05, 0) is 66.6 Å². The molecule has 1 aliphatic heterocycles. The van der Waals surface area contributed by atoms with E-state index in [-0.39, 0.29) is 24.1 Å². The highest BCUT2D eigenvalue weighted by Crippen LogP contribution is 2.30. The van der Waals surface area contributed by atoms with Crippen molar-refractivity contribution < 1.29 is 14.0 Å². The molecule has 0 spiro atoms. The molecule has 1 fully saturated rings. The Bertz CT molecular complexity index is 1220. The minimum absolute atomic E-state index is 0.0279. The molecule has 0 saturated carbocycles. The minimum Gasteiger partial charge on any atom is -0.325 e. The maximum Gasteiger partial charge on any atom is 0.238 e. The zero-order valence-electron chi connectivity index (χ0n) is 17.9. The molecule has 1 N–H and O–H groups in total. The Morgan fingerprint density at radius 1 is 1.06 bits per heavy atom. The molecule has 0 bridgehead atoms. The van der Waals surface area contributed by atoms with E-state index >= 15 is 0 Å². The lowest BCUT2D eigenvalue weighted by atomic mass is 10.1. The molecule has 0 radical (unpaired) electrons. The van der Waals surface area contributed by atoms with E-state index in [1.165, 1.54) is 23.9 Å². The van der Waals surface area contributed by atoms with Gasteiger partial charge in [0.25, 0.3) is 0 Å². The molecular formula is C25H20Cl2FN3O2S. The maximum atomic E-state index is 13.2. The molecule has 2 amide bonds. The summed E-state index contributed by atoms with van der Waals surface area (Å²) in [5.41, 5.74) is 2.06. The Balaban J connectivity index is 1.55. The monoisotopic (exact) mass is 515 g/mol. The number of carbonyl (C=O) groups is 2. The molecule has 1 heterocycles. The number of nitrogens with zero attached hydrogens (tertiary/aromatic N) is 2. The molecule has 5 nitrogen and oxygen atoms in total. The summed E-state index contributed by atoms with van der Waals surface area (Å²) in [4.78, 5) is 32.2. The van der Waals surface area contributed by atoms with Crippen molar-refractivity contribution in [2.45, 2.75) is 18.1 Å². The van der Waals surface area contributed by atoms with Crippen molar-refractivity contribution in [3.8, 4) is 0 Å². The molecule has 3 aromatic rings. The number of hydrogen-bond acceptors (Lipinski definition) is 4. The van der Waals surface area contributed by atoms with Crippen molar-refractivity contribution >= 4 is 63.3 Å². The van der Waals surface area contributed by atoms with Crippen LogP contribution in [0.4, 0.5) is 15.8 Å². The number of nitrogens with one attached hydrogen (secondary N) is 1. The number of amidine groups is 1. The van der Waals surface area contributed by atoms with Crippen LogP contribution in [0.2, 0.25) is 10.0 Å². The lowest BCUT2D eigenvalue weighted by Gasteiger charge is -2.32. The average Bonchev–Trinajstić information content (AvgIpc) is 2.81. The number of amides is 2. The summed E-state index contributed by atoms with van der Waals surface area (Å²) in [6.45, 7) is 0.354. The number of thioether (sulfide) groups is 1. The Labute approximate surface area is 211 Å². The molecule has 0 unspecified atom stereocenters. The first kappa shape index (κ1) is 24.3. The highest BCUT2D eigenvalue weighted by molar-refractivity contribution is 8.15. The van der Waals surface area contributed by atoms with Crippen LogP contribution in [0.5, 0.6) is 0 Å². The number of aliphatic imine (C=N–C) groups is 1. The second kappa shape index (κ2) is 11.0. The van der Waals surface area contributed by atoms with Crippen molar-refractivity contribution in [2.24, 2.45) is 4.99 Å². The number of benzene rings is 3. The van der Waals surface area contributed by atoms with Crippen molar-refractivity contribution in [3.05, 3.63) is 94.2 Å². The number of hydrogen-bond donors (Lipinski definition) is 1. The maximum absolute atomic E-state index is 13.2. The highest BCUT2D eigenvalue weighted by Gasteiger charge is 2.35. The summed E-state index contributed by atoms with van der Waals surface area (Å²) >= 11 is 13.2. The number of anilines is 1. The van der Waals surface area contributed by atoms with Gasteiger partial charge in [-0.3, -0.25) is 14.5 Å². The van der Waals surface area contributed by atoms with Crippen molar-refractivity contribution in [2.75, 3.05) is 11.9 Å². The number of carbonyl (C=O) groups excluding carboxylic acids is 2. The molecule has 0 aliphatic carbocycles. The first-order chi connectivity index (χ1) is 16.4. The van der Waals surface area contributed by atoms with Crippen LogP contribution in [0.15, 0.2) is 77.8 Å². The molecule has 174 valence electrons. The largest absolute Gasteiger partial charge is 0.325 e. The second-order valence-electron chi connectivity index (χ2n) is 7.60. The Kier molecular flexibility index (Phi) is 7.88. The van der Waals surface area contributed by atoms with Gasteiger partial charge < -0.3 is 5.32 Å². The number of halogens is 3. The summed E-state index contributed by atoms with van der Waals surface area (Å²) < 4.78 is 13.2. The van der Waals surface area contributed by atoms with Crippen molar-refractivity contribution in [1.29, 1.82) is 0 Å². The smallest absolute Gasteiger partial charge is 0.238 e. The molecule has 1 saturated heterocycles. The highest BCUT2D eigenvalue weighted by atomic mass is 35.5. The third-order valence-corrected chi connectivity index (χ3v) is 6.79. The van der Waals surface area contributed by atoms with Crippen LogP contribution in [0.3, 0.4) is 0 Å². The van der Waals surface area contributed by atoms with Gasteiger partial charge >= 0.3 is 0 Å². The fourth-order valence-corrected chi connectivity index (χ4v) is 4.81. The first-order valence-electron chi connectivity index (χ1n) is 10.5. The standard InChI is InChI=1S/C25H20Cl2FN3O2S/c26-17-6-10-20(11-7-17)30-25-31(13-12-16-4-8-19(28)9-5-16)23(32)15-22(34-25)24(33)29-21-3-1-2-18(27)14-21/h1-11,14,22H,12-13,15H2,(H,29,33)/t22-/m0/s1. The lowest BCUT2D eigenvalue weighted by Crippen LogP contribution is -2.46. The summed E-state index contributed by atoms with van der Waals surface area (Å²) in [5, 5.41) is 3.66. The SMILES string of the molecule is O=C(Nc1cccc(Cl)c1)[C@@H]1CC(=O)N(CCc2ccc(F)cc2)C(=Nc2ccc(Cl)cc2)S1. The van der Waals surface area contributed by atoms with E-state index in [1.807, 2.05) is 0 Å². The first-order valence-corrected chi connectivity index (χ1v) is 12.1. The van der Waals surface area contributed by atoms with Crippen LogP contribution < -0.4 is 5.32 Å². The molecule has 1 atom stereocenters. The van der Waals surface area contributed by atoms with Crippen LogP contribution in [0.1, 0.15) is 12.0 Å². The van der Waals surface area contributed by atoms with Crippen LogP contribution in [-0.4, -0.2) is 33.7 Å². The van der Waals surface area contributed by atoms with Crippen LogP contribution in [-0.2, 0) is 16.0 Å². The summed E-state index contributed by atoms with van der Waals surface area (Å²) in [7, 11) is 0. The van der Waals surface area contributed by atoms with Gasteiger partial charge in [0, 0.05) is 28.7 Å². The Morgan fingerprint density at radius 3 is 2.50 bits per heavy atom. The van der Waals surface area contributed by atoms with Gasteiger partial charge in [0.05, 0.1) is 5.69 Å². The summed E-state index contributed by atoms with van der Waals surface area (Å²) in [5.74, 6) is -0.825. The molecule has 4 rings (SSSR count). The fraction of sp³-hybridized carbons (Fsp3) is 0.160. The zero-order valence-corrected chi connectivity index (χ0v) is 20.2. The molecule has 0 aromatic heterocycles. The van der Waals surface area contributed by atoms with Gasteiger partial charge in [-0.1, -0.05) is 53.2 Å². The Hall–Kier alpha value is -2.87. The molecule has 3 aromatic carbocycles. The third-order valence-electron chi connectivity index (χ3n) is 5.11. The summed E-state index contributed by atoms with van der Waals surface area (Å²) in [6.07, 6.45) is 0.547. The second-order valence-corrected chi connectivity index (χ2v) is 9.65. The predicted molar refractivity (Wildman–Crippen MR) is 136 cm³/mol. The molecule has 1 aliphatic rings. The summed E-state index contributed by atoms with van der Waals surface area (Å²) in [6, 6.07) is 19.9. The van der Waals surface area contributed by atoms with Gasteiger partial charge in [0.1, 0.15) is 11.1 Å². The van der Waals surface area contributed by atoms with Gasteiger partial charge in [-0.15, -0.1) is 0 Å². The Morgan fingerprint density at radius 2 is 1.79 bits per heavy atom. The lowest BCUT2D eigenvalue weighted by molar-refractivity contribution is -0.129. The third kappa shape index (κ3) is 6.38. The van der Waals surface area contributed by atoms with Gasteiger partial charge in [0.15, 0.2) is 5.17 Å². The van der Waals surface area contributed by atoms with Crippen LogP contribution in [0.25, 0.3) is 0 Å². The van der Waals surface area contributed by atoms with E-state index in [2.05, 4.69) is 10.3 Å². The van der Waals surface area contributed by atoms with Gasteiger partial charge in [-0.2, -0.15) is 0 Å². The predicted octanol–water partition coefficient (Wildman–Crippen LogP) is 6.34. The topological polar surface area (TPSA) is 61.8 Å². The van der Waals surface area contributed by atoms with E-state index < -0.39 is 5.25 Å².